The molecule has 1 amide bonds. The second kappa shape index (κ2) is 4.38. The fourth-order valence-corrected chi connectivity index (χ4v) is 1.75. The molecule has 1 aromatic heterocycles. The van der Waals surface area contributed by atoms with Gasteiger partial charge in [-0.3, -0.25) is 10.1 Å². The van der Waals surface area contributed by atoms with Gasteiger partial charge in [0.05, 0.1) is 0 Å². The van der Waals surface area contributed by atoms with Crippen molar-refractivity contribution in [3.05, 3.63) is 29.6 Å². The summed E-state index contributed by atoms with van der Waals surface area (Å²) >= 11 is 1.07. The van der Waals surface area contributed by atoms with Crippen LogP contribution in [0.4, 0.5) is 5.13 Å². The van der Waals surface area contributed by atoms with Crippen LogP contribution in [-0.4, -0.2) is 25.5 Å². The third-order valence-electron chi connectivity index (χ3n) is 1.99. The van der Waals surface area contributed by atoms with Crippen molar-refractivity contribution >= 4 is 22.6 Å². The highest BCUT2D eigenvalue weighted by molar-refractivity contribution is 7.09. The lowest BCUT2D eigenvalue weighted by Crippen LogP contribution is -2.11. The van der Waals surface area contributed by atoms with Crippen LogP contribution in [0.3, 0.4) is 0 Å². The number of hydrogen-bond acceptors (Lipinski definition) is 6. The molecule has 3 N–H and O–H groups in total. The highest BCUT2D eigenvalue weighted by Gasteiger charge is 2.11. The smallest absolute Gasteiger partial charge is 0.257 e. The van der Waals surface area contributed by atoms with E-state index in [0.29, 0.717) is 11.0 Å². The van der Waals surface area contributed by atoms with Crippen LogP contribution in [0.5, 0.6) is 11.5 Å². The third-order valence-corrected chi connectivity index (χ3v) is 2.71. The molecule has 6 nitrogen and oxygen atoms in total. The van der Waals surface area contributed by atoms with Gasteiger partial charge in [-0.05, 0) is 25.1 Å². The highest BCUT2D eigenvalue weighted by atomic mass is 32.1. The van der Waals surface area contributed by atoms with Crippen molar-refractivity contribution in [1.82, 2.24) is 9.36 Å². The normalized spacial score (nSPS) is 10.2. The zero-order valence-electron chi connectivity index (χ0n) is 8.84. The van der Waals surface area contributed by atoms with Crippen LogP contribution in [0.25, 0.3) is 0 Å². The van der Waals surface area contributed by atoms with Crippen molar-refractivity contribution in [3.63, 3.8) is 0 Å². The number of benzene rings is 1. The van der Waals surface area contributed by atoms with Gasteiger partial charge in [0.2, 0.25) is 5.13 Å². The summed E-state index contributed by atoms with van der Waals surface area (Å²) in [6, 6.07) is 3.83. The predicted octanol–water partition coefficient (Wildman–Crippen LogP) is 1.51. The first-order valence-corrected chi connectivity index (χ1v) is 5.47. The minimum absolute atomic E-state index is 0.230. The molecule has 1 aromatic carbocycles. The Morgan fingerprint density at radius 3 is 2.71 bits per heavy atom. The summed E-state index contributed by atoms with van der Waals surface area (Å²) in [4.78, 5) is 15.7. The summed E-state index contributed by atoms with van der Waals surface area (Å²) in [6.45, 7) is 1.72. The summed E-state index contributed by atoms with van der Waals surface area (Å²) in [5.41, 5.74) is 0.230. The average Bonchev–Trinajstić information content (AvgIpc) is 2.68. The number of carbonyl (C=O) groups is 1. The first-order valence-electron chi connectivity index (χ1n) is 4.70. The average molecular weight is 251 g/mol. The Kier molecular flexibility index (Phi) is 2.92. The summed E-state index contributed by atoms with van der Waals surface area (Å²) in [7, 11) is 0. The number of nitrogens with one attached hydrogen (secondary N) is 1. The Morgan fingerprint density at radius 2 is 2.12 bits per heavy atom. The van der Waals surface area contributed by atoms with E-state index in [0.717, 1.165) is 11.5 Å². The first-order chi connectivity index (χ1) is 8.06. The number of aromatic hydroxyl groups is 2. The maximum Gasteiger partial charge on any atom is 0.257 e. The van der Waals surface area contributed by atoms with E-state index >= 15 is 0 Å². The van der Waals surface area contributed by atoms with Crippen LogP contribution in [-0.2, 0) is 0 Å². The lowest BCUT2D eigenvalue weighted by atomic mass is 10.2. The van der Waals surface area contributed by atoms with Gasteiger partial charge < -0.3 is 10.2 Å². The topological polar surface area (TPSA) is 95.3 Å². The van der Waals surface area contributed by atoms with E-state index in [9.17, 15) is 9.90 Å². The molecule has 2 aromatic rings. The van der Waals surface area contributed by atoms with Gasteiger partial charge in [0.15, 0.2) is 11.5 Å². The number of phenolic OH excluding ortho intramolecular Hbond substituents is 2. The Balaban J connectivity index is 2.17. The van der Waals surface area contributed by atoms with Crippen LogP contribution in [0.1, 0.15) is 16.2 Å². The first kappa shape index (κ1) is 11.3. The van der Waals surface area contributed by atoms with Crippen molar-refractivity contribution in [2.45, 2.75) is 6.92 Å². The minimum Gasteiger partial charge on any atom is -0.504 e. The number of aryl methyl sites for hydroxylation is 1. The number of anilines is 1. The van der Waals surface area contributed by atoms with Gasteiger partial charge in [-0.15, -0.1) is 0 Å². The molecule has 1 heterocycles. The molecule has 0 fully saturated rings. The van der Waals surface area contributed by atoms with Crippen LogP contribution in [0.15, 0.2) is 18.2 Å². The zero-order valence-corrected chi connectivity index (χ0v) is 9.65. The maximum absolute atomic E-state index is 11.7. The van der Waals surface area contributed by atoms with Gasteiger partial charge in [0.1, 0.15) is 5.82 Å². The van der Waals surface area contributed by atoms with E-state index in [-0.39, 0.29) is 17.1 Å². The number of amides is 1. The highest BCUT2D eigenvalue weighted by Crippen LogP contribution is 2.25. The number of nitrogens with zero attached hydrogens (tertiary/aromatic N) is 2. The molecule has 0 aliphatic carbocycles. The molecule has 0 radical (unpaired) electrons. The molecular weight excluding hydrogens is 242 g/mol. The van der Waals surface area contributed by atoms with Gasteiger partial charge in [0.25, 0.3) is 5.91 Å². The summed E-state index contributed by atoms with van der Waals surface area (Å²) in [6.07, 6.45) is 0. The van der Waals surface area contributed by atoms with Crippen molar-refractivity contribution in [2.24, 2.45) is 0 Å². The molecule has 0 bridgehead atoms. The fraction of sp³-hybridized carbons (Fsp3) is 0.100. The lowest BCUT2D eigenvalue weighted by Gasteiger charge is -2.02. The van der Waals surface area contributed by atoms with E-state index in [2.05, 4.69) is 14.7 Å². The molecule has 2 rings (SSSR count). The standard InChI is InChI=1S/C10H9N3O3S/c1-5-11-10(17-13-5)12-9(16)6-2-3-7(14)8(15)4-6/h2-4,14-15H,1H3,(H,11,12,13,16). The predicted molar refractivity (Wildman–Crippen MR) is 62.4 cm³/mol. The number of hydrogen-bond donors (Lipinski definition) is 3. The van der Waals surface area contributed by atoms with E-state index in [4.69, 9.17) is 5.11 Å². The molecule has 0 unspecified atom stereocenters. The largest absolute Gasteiger partial charge is 0.504 e. The van der Waals surface area contributed by atoms with E-state index in [1.165, 1.54) is 18.2 Å². The Morgan fingerprint density at radius 1 is 1.35 bits per heavy atom. The molecular formula is C10H9N3O3S. The SMILES string of the molecule is Cc1nsc(NC(=O)c2ccc(O)c(O)c2)n1. The number of phenols is 2. The van der Waals surface area contributed by atoms with Gasteiger partial charge in [-0.2, -0.15) is 4.37 Å². The van der Waals surface area contributed by atoms with E-state index in [1.54, 1.807) is 6.92 Å². The summed E-state index contributed by atoms with van der Waals surface area (Å²) < 4.78 is 3.92. The van der Waals surface area contributed by atoms with Crippen molar-refractivity contribution in [2.75, 3.05) is 5.32 Å². The number of rotatable bonds is 2. The van der Waals surface area contributed by atoms with Gasteiger partial charge >= 0.3 is 0 Å². The van der Waals surface area contributed by atoms with Gasteiger partial charge in [0, 0.05) is 17.1 Å². The summed E-state index contributed by atoms with van der Waals surface area (Å²) in [5.74, 6) is -0.449. The molecule has 0 aliphatic rings. The Bertz CT molecular complexity index is 568. The zero-order chi connectivity index (χ0) is 12.4. The van der Waals surface area contributed by atoms with E-state index < -0.39 is 5.91 Å². The molecule has 7 heteroatoms. The second-order valence-corrected chi connectivity index (χ2v) is 4.06. The fourth-order valence-electron chi connectivity index (χ4n) is 1.18. The van der Waals surface area contributed by atoms with Gasteiger partial charge in [-0.1, -0.05) is 0 Å². The third kappa shape index (κ3) is 2.51. The molecule has 0 atom stereocenters. The molecule has 0 aliphatic heterocycles. The molecule has 0 spiro atoms. The number of aromatic nitrogens is 2. The van der Waals surface area contributed by atoms with Crippen LogP contribution in [0, 0.1) is 6.92 Å². The van der Waals surface area contributed by atoms with Crippen molar-refractivity contribution in [1.29, 1.82) is 0 Å². The Hall–Kier alpha value is -2.15. The van der Waals surface area contributed by atoms with Crippen LogP contribution < -0.4 is 5.32 Å². The van der Waals surface area contributed by atoms with E-state index in [1.807, 2.05) is 0 Å². The minimum atomic E-state index is -0.420. The summed E-state index contributed by atoms with van der Waals surface area (Å²) in [5, 5.41) is 21.3. The van der Waals surface area contributed by atoms with Crippen molar-refractivity contribution in [3.8, 4) is 11.5 Å². The molecule has 17 heavy (non-hydrogen) atoms. The molecule has 0 saturated heterocycles. The second-order valence-electron chi connectivity index (χ2n) is 3.30. The van der Waals surface area contributed by atoms with Gasteiger partial charge in [-0.25, -0.2) is 4.98 Å². The number of carbonyl (C=O) groups excluding carboxylic acids is 1. The van der Waals surface area contributed by atoms with Crippen molar-refractivity contribution < 1.29 is 15.0 Å². The molecule has 88 valence electrons. The lowest BCUT2D eigenvalue weighted by molar-refractivity contribution is 0.102. The van der Waals surface area contributed by atoms with Crippen LogP contribution >= 0.6 is 11.5 Å². The van der Waals surface area contributed by atoms with Crippen LogP contribution in [0.2, 0.25) is 0 Å². The monoisotopic (exact) mass is 251 g/mol. The maximum atomic E-state index is 11.7. The Labute approximate surface area is 101 Å². The quantitative estimate of drug-likeness (QED) is 0.703. The molecule has 0 saturated carbocycles.